The average Bonchev–Trinajstić information content (AvgIpc) is 2.80. The molecule has 176 valence electrons. The summed E-state index contributed by atoms with van der Waals surface area (Å²) in [4.78, 5) is 11.2. The van der Waals surface area contributed by atoms with Crippen molar-refractivity contribution >= 4 is 5.97 Å². The monoisotopic (exact) mass is 450 g/mol. The van der Waals surface area contributed by atoms with Gasteiger partial charge in [0.1, 0.15) is 11.8 Å². The zero-order valence-corrected chi connectivity index (χ0v) is 19.6. The highest BCUT2D eigenvalue weighted by Crippen LogP contribution is 2.25. The van der Waals surface area contributed by atoms with E-state index < -0.39 is 18.6 Å². The van der Waals surface area contributed by atoms with E-state index in [0.29, 0.717) is 24.5 Å². The van der Waals surface area contributed by atoms with Crippen LogP contribution in [0.1, 0.15) is 25.0 Å². The third kappa shape index (κ3) is 7.93. The van der Waals surface area contributed by atoms with Crippen LogP contribution in [0.4, 0.5) is 0 Å². The van der Waals surface area contributed by atoms with Crippen molar-refractivity contribution in [2.45, 2.75) is 33.4 Å². The van der Waals surface area contributed by atoms with Gasteiger partial charge in [-0.2, -0.15) is 0 Å². The lowest BCUT2D eigenvalue weighted by Gasteiger charge is -2.16. The molecule has 0 aliphatic carbocycles. The Morgan fingerprint density at radius 3 is 2.55 bits per heavy atom. The Morgan fingerprint density at radius 1 is 1.18 bits per heavy atom. The van der Waals surface area contributed by atoms with Crippen molar-refractivity contribution in [3.05, 3.63) is 95.4 Å². The second kappa shape index (κ2) is 13.3. The van der Waals surface area contributed by atoms with Gasteiger partial charge in [-0.25, -0.2) is 0 Å². The number of ether oxygens (including phenoxy) is 1. The number of aliphatic hydroxyl groups is 1. The first-order valence-electron chi connectivity index (χ1n) is 11.0. The maximum Gasteiger partial charge on any atom is 0.323 e. The number of carbonyl (C=O) groups is 1. The minimum absolute atomic E-state index is 0.208. The van der Waals surface area contributed by atoms with Crippen LogP contribution in [0.2, 0.25) is 0 Å². The fraction of sp³-hybridized carbons (Fsp3) is 0.296. The molecule has 0 radical (unpaired) electrons. The number of hydrogen-bond donors (Lipinski definition) is 4. The van der Waals surface area contributed by atoms with Crippen molar-refractivity contribution < 1.29 is 19.7 Å². The van der Waals surface area contributed by atoms with Crippen LogP contribution in [0.15, 0.2) is 84.3 Å². The summed E-state index contributed by atoms with van der Waals surface area (Å²) in [6.07, 6.45) is 3.80. The number of aliphatic carboxylic acids is 1. The van der Waals surface area contributed by atoms with Gasteiger partial charge in [0.15, 0.2) is 0 Å². The quantitative estimate of drug-likeness (QED) is 0.271. The lowest BCUT2D eigenvalue weighted by molar-refractivity contribution is -0.140. The van der Waals surface area contributed by atoms with E-state index in [-0.39, 0.29) is 6.54 Å². The molecule has 0 heterocycles. The molecule has 0 fully saturated rings. The van der Waals surface area contributed by atoms with E-state index in [1.807, 2.05) is 44.3 Å². The highest BCUT2D eigenvalue weighted by molar-refractivity contribution is 5.73. The first-order valence-corrected chi connectivity index (χ1v) is 11.0. The zero-order chi connectivity index (χ0) is 24.2. The highest BCUT2D eigenvalue weighted by Gasteiger charge is 2.16. The first-order chi connectivity index (χ1) is 15.9. The molecule has 0 unspecified atom stereocenters. The molecule has 0 aliphatic rings. The Bertz CT molecular complexity index is 996. The van der Waals surface area contributed by atoms with Crippen LogP contribution in [0.5, 0.6) is 0 Å². The van der Waals surface area contributed by atoms with Gasteiger partial charge in [-0.05, 0) is 60.9 Å². The smallest absolute Gasteiger partial charge is 0.323 e. The van der Waals surface area contributed by atoms with Gasteiger partial charge in [0, 0.05) is 18.7 Å². The van der Waals surface area contributed by atoms with Crippen molar-refractivity contribution in [2.24, 2.45) is 0 Å². The van der Waals surface area contributed by atoms with Gasteiger partial charge in [0.2, 0.25) is 0 Å². The van der Waals surface area contributed by atoms with Crippen LogP contribution in [0.25, 0.3) is 11.1 Å². The molecule has 2 aromatic carbocycles. The summed E-state index contributed by atoms with van der Waals surface area (Å²) in [6.45, 7) is 10.7. The topological polar surface area (TPSA) is 90.8 Å². The molecule has 0 aromatic heterocycles. The van der Waals surface area contributed by atoms with Gasteiger partial charge in [-0.3, -0.25) is 10.1 Å². The molecule has 4 N–H and O–H groups in total. The number of carboxylic acids is 1. The predicted molar refractivity (Wildman–Crippen MR) is 133 cm³/mol. The molecule has 0 bridgehead atoms. The average molecular weight is 451 g/mol. The third-order valence-electron chi connectivity index (χ3n) is 5.25. The molecule has 1 atom stereocenters. The van der Waals surface area contributed by atoms with Gasteiger partial charge in [0.05, 0.1) is 13.2 Å². The molecule has 6 nitrogen and oxygen atoms in total. The number of nitrogens with one attached hydrogen (secondary N) is 2. The van der Waals surface area contributed by atoms with Gasteiger partial charge in [0.25, 0.3) is 0 Å². The molecule has 6 heteroatoms. The van der Waals surface area contributed by atoms with Gasteiger partial charge in [-0.15, -0.1) is 0 Å². The molecule has 0 aliphatic heterocycles. The Labute approximate surface area is 196 Å². The Hall–Kier alpha value is -3.35. The van der Waals surface area contributed by atoms with Crippen molar-refractivity contribution in [1.82, 2.24) is 10.6 Å². The van der Waals surface area contributed by atoms with Crippen LogP contribution >= 0.6 is 0 Å². The third-order valence-corrected chi connectivity index (χ3v) is 5.25. The van der Waals surface area contributed by atoms with Crippen molar-refractivity contribution in [2.75, 3.05) is 19.8 Å². The molecule has 0 saturated heterocycles. The number of carboxylic acid groups (broad SMARTS) is 1. The molecule has 0 amide bonds. The standard InChI is InChI=1S/C27H34N2O4/c1-5-33-21(4)24(17-29-26(18-30)27(31)32)14-19(2)15-28-16-23-12-9-13-25(20(23)3)22-10-7-6-8-11-22/h6-15,26,28-30H,4-5,16-18H2,1-3H3,(H,31,32)/b19-15+,24-14-/t26-/m1/s1. The summed E-state index contributed by atoms with van der Waals surface area (Å²) < 4.78 is 5.52. The van der Waals surface area contributed by atoms with Crippen LogP contribution in [-0.2, 0) is 16.1 Å². The minimum Gasteiger partial charge on any atom is -0.494 e. The summed E-state index contributed by atoms with van der Waals surface area (Å²) in [6, 6.07) is 15.6. The lowest BCUT2D eigenvalue weighted by Crippen LogP contribution is -2.40. The van der Waals surface area contributed by atoms with E-state index in [0.717, 1.165) is 5.57 Å². The zero-order valence-electron chi connectivity index (χ0n) is 19.6. The summed E-state index contributed by atoms with van der Waals surface area (Å²) in [7, 11) is 0. The summed E-state index contributed by atoms with van der Waals surface area (Å²) in [5.41, 5.74) is 6.50. The molecule has 2 rings (SSSR count). The molecule has 0 saturated carbocycles. The van der Waals surface area contributed by atoms with Crippen LogP contribution < -0.4 is 10.6 Å². The maximum absolute atomic E-state index is 11.2. The predicted octanol–water partition coefficient (Wildman–Crippen LogP) is 4.17. The first kappa shape index (κ1) is 25.9. The van der Waals surface area contributed by atoms with E-state index in [4.69, 9.17) is 9.84 Å². The normalized spacial score (nSPS) is 12.8. The Morgan fingerprint density at radius 2 is 1.91 bits per heavy atom. The van der Waals surface area contributed by atoms with Crippen LogP contribution in [-0.4, -0.2) is 42.0 Å². The molecule has 33 heavy (non-hydrogen) atoms. The second-order valence-corrected chi connectivity index (χ2v) is 7.71. The van der Waals surface area contributed by atoms with Crippen LogP contribution in [0.3, 0.4) is 0 Å². The van der Waals surface area contributed by atoms with E-state index in [1.54, 1.807) is 0 Å². The van der Waals surface area contributed by atoms with Gasteiger partial charge >= 0.3 is 5.97 Å². The second-order valence-electron chi connectivity index (χ2n) is 7.71. The van der Waals surface area contributed by atoms with Crippen LogP contribution in [0, 0.1) is 6.92 Å². The summed E-state index contributed by atoms with van der Waals surface area (Å²) in [5, 5.41) is 24.5. The number of hydrogen-bond acceptors (Lipinski definition) is 5. The molecule has 0 spiro atoms. The maximum atomic E-state index is 11.2. The number of benzene rings is 2. The molecular weight excluding hydrogens is 416 g/mol. The fourth-order valence-corrected chi connectivity index (χ4v) is 3.40. The SMILES string of the molecule is C=C(OCC)/C(=C\C(C)=C\NCc1cccc(-c2ccccc2)c1C)CN[C@H](CO)C(=O)O. The summed E-state index contributed by atoms with van der Waals surface area (Å²) >= 11 is 0. The number of aliphatic hydroxyl groups excluding tert-OH is 1. The van der Waals surface area contributed by atoms with Crippen molar-refractivity contribution in [3.63, 3.8) is 0 Å². The van der Waals surface area contributed by atoms with Crippen molar-refractivity contribution in [3.8, 4) is 11.1 Å². The fourth-order valence-electron chi connectivity index (χ4n) is 3.40. The Kier molecular flexibility index (Phi) is 10.4. The van der Waals surface area contributed by atoms with Gasteiger partial charge < -0.3 is 20.3 Å². The lowest BCUT2D eigenvalue weighted by atomic mass is 9.96. The Balaban J connectivity index is 2.11. The highest BCUT2D eigenvalue weighted by atomic mass is 16.5. The molecule has 2 aromatic rings. The number of rotatable bonds is 13. The number of allylic oxidation sites excluding steroid dienone is 2. The minimum atomic E-state index is -1.11. The van der Waals surface area contributed by atoms with E-state index in [9.17, 15) is 9.90 Å². The summed E-state index contributed by atoms with van der Waals surface area (Å²) in [5.74, 6) is -0.646. The van der Waals surface area contributed by atoms with Crippen molar-refractivity contribution in [1.29, 1.82) is 0 Å². The van der Waals surface area contributed by atoms with E-state index in [2.05, 4.69) is 54.5 Å². The molecular formula is C27H34N2O4. The van der Waals surface area contributed by atoms with E-state index >= 15 is 0 Å². The largest absolute Gasteiger partial charge is 0.494 e. The van der Waals surface area contributed by atoms with Gasteiger partial charge in [-0.1, -0.05) is 55.1 Å². The van der Waals surface area contributed by atoms with E-state index in [1.165, 1.54) is 22.3 Å².